The van der Waals surface area contributed by atoms with E-state index in [0.29, 0.717) is 25.2 Å². The van der Waals surface area contributed by atoms with E-state index < -0.39 is 17.5 Å². The second-order valence-corrected chi connectivity index (χ2v) is 8.14. The van der Waals surface area contributed by atoms with Gasteiger partial charge < -0.3 is 24.8 Å². The summed E-state index contributed by atoms with van der Waals surface area (Å²) in [5.74, 6) is -2.12. The first-order valence-corrected chi connectivity index (χ1v) is 12.1. The molecular weight excluding hydrogens is 396 g/mol. The van der Waals surface area contributed by atoms with Crippen LogP contribution in [0, 0.1) is 0 Å². The number of carbonyl (C=O) groups is 1. The third-order valence-corrected chi connectivity index (χ3v) is 5.44. The molecular formula is C25H42O6. The Kier molecular flexibility index (Phi) is 13.6. The Bertz CT molecular complexity index is 656. The van der Waals surface area contributed by atoms with E-state index >= 15 is 0 Å². The van der Waals surface area contributed by atoms with Crippen molar-refractivity contribution in [3.05, 3.63) is 11.1 Å². The Morgan fingerprint density at radius 1 is 0.677 bits per heavy atom. The van der Waals surface area contributed by atoms with E-state index in [4.69, 9.17) is 9.47 Å². The number of hydrogen-bond acceptors (Lipinski definition) is 5. The highest BCUT2D eigenvalue weighted by molar-refractivity contribution is 5.96. The second kappa shape index (κ2) is 15.7. The van der Waals surface area contributed by atoms with Crippen LogP contribution in [0.4, 0.5) is 0 Å². The number of hydrogen-bond donors (Lipinski definition) is 3. The Labute approximate surface area is 187 Å². The molecule has 1 aromatic rings. The van der Waals surface area contributed by atoms with Crippen molar-refractivity contribution in [1.29, 1.82) is 0 Å². The SMILES string of the molecule is CCCCCCOc1c(O)c(O)c(C(=O)O)c(CCCCCC)c1OCCCCCC. The predicted octanol–water partition coefficient (Wildman–Crippen LogP) is 6.84. The van der Waals surface area contributed by atoms with Crippen molar-refractivity contribution in [2.45, 2.75) is 104 Å². The number of benzene rings is 1. The quantitative estimate of drug-likeness (QED) is 0.172. The summed E-state index contributed by atoms with van der Waals surface area (Å²) >= 11 is 0. The standard InChI is InChI=1S/C25H42O6/c1-4-7-10-13-16-19-20(25(28)29)21(26)22(27)24(31-18-15-12-9-6-3)23(19)30-17-14-11-8-5-2/h26-27H,4-18H2,1-3H3,(H,28,29). The lowest BCUT2D eigenvalue weighted by molar-refractivity contribution is 0.0690. The molecule has 0 spiro atoms. The molecule has 0 radical (unpaired) electrons. The second-order valence-electron chi connectivity index (χ2n) is 8.14. The van der Waals surface area contributed by atoms with Gasteiger partial charge in [0.05, 0.1) is 13.2 Å². The van der Waals surface area contributed by atoms with Crippen LogP contribution < -0.4 is 9.47 Å². The number of phenolic OH excluding ortho intramolecular Hbond substituents is 1. The maximum absolute atomic E-state index is 11.9. The van der Waals surface area contributed by atoms with Gasteiger partial charge in [0.1, 0.15) is 5.56 Å². The molecule has 3 N–H and O–H groups in total. The molecule has 0 aliphatic carbocycles. The third-order valence-electron chi connectivity index (χ3n) is 5.44. The van der Waals surface area contributed by atoms with Crippen molar-refractivity contribution in [2.24, 2.45) is 0 Å². The molecule has 178 valence electrons. The predicted molar refractivity (Wildman–Crippen MR) is 124 cm³/mol. The lowest BCUT2D eigenvalue weighted by Gasteiger charge is -2.21. The van der Waals surface area contributed by atoms with Gasteiger partial charge in [0.15, 0.2) is 11.5 Å². The first-order chi connectivity index (χ1) is 15.0. The Hall–Kier alpha value is -2.11. The molecule has 0 saturated heterocycles. The van der Waals surface area contributed by atoms with Crippen LogP contribution in [0.25, 0.3) is 0 Å². The van der Waals surface area contributed by atoms with Crippen molar-refractivity contribution in [1.82, 2.24) is 0 Å². The fraction of sp³-hybridized carbons (Fsp3) is 0.720. The molecule has 6 nitrogen and oxygen atoms in total. The van der Waals surface area contributed by atoms with Gasteiger partial charge in [0.25, 0.3) is 0 Å². The Morgan fingerprint density at radius 3 is 1.65 bits per heavy atom. The van der Waals surface area contributed by atoms with Gasteiger partial charge in [-0.15, -0.1) is 0 Å². The number of carboxylic acids is 1. The first-order valence-electron chi connectivity index (χ1n) is 12.1. The molecule has 0 unspecified atom stereocenters. The zero-order valence-corrected chi connectivity index (χ0v) is 19.7. The summed E-state index contributed by atoms with van der Waals surface area (Å²) in [7, 11) is 0. The average molecular weight is 439 g/mol. The molecule has 0 fully saturated rings. The number of rotatable bonds is 18. The maximum atomic E-state index is 11.9. The Morgan fingerprint density at radius 2 is 1.16 bits per heavy atom. The van der Waals surface area contributed by atoms with Crippen LogP contribution in [0.2, 0.25) is 0 Å². The number of aromatic carboxylic acids is 1. The van der Waals surface area contributed by atoms with Crippen LogP contribution in [-0.4, -0.2) is 34.5 Å². The molecule has 1 rings (SSSR count). The fourth-order valence-electron chi connectivity index (χ4n) is 3.62. The summed E-state index contributed by atoms with van der Waals surface area (Å²) in [6, 6.07) is 0. The van der Waals surface area contributed by atoms with Gasteiger partial charge in [-0.05, 0) is 25.7 Å². The van der Waals surface area contributed by atoms with Crippen molar-refractivity contribution < 1.29 is 29.6 Å². The van der Waals surface area contributed by atoms with E-state index in [9.17, 15) is 20.1 Å². The highest BCUT2D eigenvalue weighted by atomic mass is 16.5. The lowest BCUT2D eigenvalue weighted by atomic mass is 9.97. The molecule has 0 saturated carbocycles. The number of unbranched alkanes of at least 4 members (excludes halogenated alkanes) is 9. The zero-order chi connectivity index (χ0) is 23.1. The molecule has 0 bridgehead atoms. The first kappa shape index (κ1) is 26.9. The Balaban J connectivity index is 3.22. The molecule has 0 aliphatic heterocycles. The van der Waals surface area contributed by atoms with Gasteiger partial charge in [-0.25, -0.2) is 4.79 Å². The highest BCUT2D eigenvalue weighted by Crippen LogP contribution is 2.49. The third kappa shape index (κ3) is 8.88. The van der Waals surface area contributed by atoms with Gasteiger partial charge >= 0.3 is 5.97 Å². The van der Waals surface area contributed by atoms with Crippen LogP contribution in [0.5, 0.6) is 23.0 Å². The topological polar surface area (TPSA) is 96.2 Å². The van der Waals surface area contributed by atoms with Crippen molar-refractivity contribution in [2.75, 3.05) is 13.2 Å². The summed E-state index contributed by atoms with van der Waals surface area (Å²) in [5.41, 5.74) is 0.133. The number of ether oxygens (including phenoxy) is 2. The minimum absolute atomic E-state index is 0.0694. The molecule has 6 heteroatoms. The summed E-state index contributed by atoms with van der Waals surface area (Å²) in [4.78, 5) is 11.9. The average Bonchev–Trinajstić information content (AvgIpc) is 2.74. The van der Waals surface area contributed by atoms with Gasteiger partial charge in [0, 0.05) is 5.56 Å². The zero-order valence-electron chi connectivity index (χ0n) is 19.7. The molecule has 31 heavy (non-hydrogen) atoms. The normalized spacial score (nSPS) is 10.9. The largest absolute Gasteiger partial charge is 0.504 e. The van der Waals surface area contributed by atoms with Crippen LogP contribution in [0.3, 0.4) is 0 Å². The van der Waals surface area contributed by atoms with Crippen molar-refractivity contribution in [3.8, 4) is 23.0 Å². The van der Waals surface area contributed by atoms with E-state index in [1.54, 1.807) is 0 Å². The van der Waals surface area contributed by atoms with Crippen molar-refractivity contribution >= 4 is 5.97 Å². The van der Waals surface area contributed by atoms with Crippen LogP contribution >= 0.6 is 0 Å². The van der Waals surface area contributed by atoms with E-state index in [1.165, 1.54) is 0 Å². The van der Waals surface area contributed by atoms with Gasteiger partial charge in [-0.2, -0.15) is 0 Å². The molecule has 0 amide bonds. The number of phenols is 2. The number of aromatic hydroxyl groups is 2. The van der Waals surface area contributed by atoms with Crippen LogP contribution in [-0.2, 0) is 6.42 Å². The lowest BCUT2D eigenvalue weighted by Crippen LogP contribution is -2.11. The highest BCUT2D eigenvalue weighted by Gasteiger charge is 2.29. The maximum Gasteiger partial charge on any atom is 0.340 e. The fourth-order valence-corrected chi connectivity index (χ4v) is 3.62. The molecule has 0 aromatic heterocycles. The van der Waals surface area contributed by atoms with Crippen molar-refractivity contribution in [3.63, 3.8) is 0 Å². The van der Waals surface area contributed by atoms with E-state index in [2.05, 4.69) is 20.8 Å². The molecule has 1 aromatic carbocycles. The minimum Gasteiger partial charge on any atom is -0.504 e. The van der Waals surface area contributed by atoms with E-state index in [-0.39, 0.29) is 17.1 Å². The summed E-state index contributed by atoms with van der Waals surface area (Å²) in [5, 5.41) is 30.8. The summed E-state index contributed by atoms with van der Waals surface area (Å²) < 4.78 is 11.9. The van der Waals surface area contributed by atoms with Crippen LogP contribution in [0.1, 0.15) is 114 Å². The molecule has 0 heterocycles. The smallest absolute Gasteiger partial charge is 0.340 e. The van der Waals surface area contributed by atoms with Gasteiger partial charge in [-0.3, -0.25) is 0 Å². The van der Waals surface area contributed by atoms with E-state index in [0.717, 1.165) is 77.0 Å². The molecule has 0 atom stereocenters. The van der Waals surface area contributed by atoms with Gasteiger partial charge in [0.2, 0.25) is 11.5 Å². The molecule has 0 aliphatic rings. The van der Waals surface area contributed by atoms with Crippen LogP contribution in [0.15, 0.2) is 0 Å². The minimum atomic E-state index is -1.27. The monoisotopic (exact) mass is 438 g/mol. The summed E-state index contributed by atoms with van der Waals surface area (Å²) in [6.45, 7) is 7.17. The van der Waals surface area contributed by atoms with E-state index in [1.807, 2.05) is 0 Å². The van der Waals surface area contributed by atoms with Gasteiger partial charge in [-0.1, -0.05) is 78.6 Å². The number of carboxylic acid groups (broad SMARTS) is 1. The summed E-state index contributed by atoms with van der Waals surface area (Å²) in [6.07, 6.45) is 12.4.